The van der Waals surface area contributed by atoms with Gasteiger partial charge in [0.15, 0.2) is 0 Å². The van der Waals surface area contributed by atoms with Crippen LogP contribution in [-0.4, -0.2) is 43.5 Å². The molecule has 2 aromatic carbocycles. The van der Waals surface area contributed by atoms with Crippen molar-refractivity contribution in [1.82, 2.24) is 15.2 Å². The molecule has 5 nitrogen and oxygen atoms in total. The van der Waals surface area contributed by atoms with Gasteiger partial charge in [-0.15, -0.1) is 0 Å². The van der Waals surface area contributed by atoms with E-state index in [1.54, 1.807) is 13.2 Å². The van der Waals surface area contributed by atoms with E-state index in [1.165, 1.54) is 0 Å². The molecule has 0 saturated heterocycles. The van der Waals surface area contributed by atoms with Crippen molar-refractivity contribution >= 4 is 16.8 Å². The standard InChI is InChI=1S/C21H23N3O2/c1-24(2)20(16-8-6-9-17(13-16)26-3)14-22-21(25)19-12-11-15-7-4-5-10-18(15)23-19/h4-13,20H,14H2,1-3H3,(H,22,25). The van der Waals surface area contributed by atoms with Crippen LogP contribution in [0.2, 0.25) is 0 Å². The van der Waals surface area contributed by atoms with Crippen molar-refractivity contribution < 1.29 is 9.53 Å². The number of benzene rings is 2. The summed E-state index contributed by atoms with van der Waals surface area (Å²) < 4.78 is 5.30. The van der Waals surface area contributed by atoms with Crippen molar-refractivity contribution in [2.45, 2.75) is 6.04 Å². The number of amides is 1. The molecular formula is C21H23N3O2. The average Bonchev–Trinajstić information content (AvgIpc) is 2.67. The Morgan fingerprint density at radius 3 is 2.69 bits per heavy atom. The summed E-state index contributed by atoms with van der Waals surface area (Å²) in [6.45, 7) is 0.480. The third-order valence-corrected chi connectivity index (χ3v) is 4.39. The molecule has 3 rings (SSSR count). The zero-order valence-corrected chi connectivity index (χ0v) is 15.3. The lowest BCUT2D eigenvalue weighted by atomic mass is 10.1. The summed E-state index contributed by atoms with van der Waals surface area (Å²) in [5, 5.41) is 4.02. The Balaban J connectivity index is 1.74. The number of hydrogen-bond donors (Lipinski definition) is 1. The highest BCUT2D eigenvalue weighted by molar-refractivity contribution is 5.94. The predicted octanol–water partition coefficient (Wildman–Crippen LogP) is 3.28. The Kier molecular flexibility index (Phi) is 5.49. The maximum atomic E-state index is 12.6. The molecule has 1 heterocycles. The molecule has 26 heavy (non-hydrogen) atoms. The van der Waals surface area contributed by atoms with Gasteiger partial charge in [0, 0.05) is 11.9 Å². The van der Waals surface area contributed by atoms with Crippen LogP contribution < -0.4 is 10.1 Å². The van der Waals surface area contributed by atoms with Gasteiger partial charge in [-0.3, -0.25) is 4.79 Å². The molecule has 1 unspecified atom stereocenters. The van der Waals surface area contributed by atoms with Gasteiger partial charge in [-0.05, 0) is 43.9 Å². The molecule has 0 spiro atoms. The van der Waals surface area contributed by atoms with Crippen LogP contribution in [-0.2, 0) is 0 Å². The summed E-state index contributed by atoms with van der Waals surface area (Å²) in [4.78, 5) is 19.1. The van der Waals surface area contributed by atoms with Crippen LogP contribution in [0.4, 0.5) is 0 Å². The van der Waals surface area contributed by atoms with Gasteiger partial charge in [0.05, 0.1) is 18.7 Å². The number of hydrogen-bond acceptors (Lipinski definition) is 4. The first-order chi connectivity index (χ1) is 12.6. The van der Waals surface area contributed by atoms with E-state index in [9.17, 15) is 4.79 Å². The van der Waals surface area contributed by atoms with Gasteiger partial charge < -0.3 is 15.0 Å². The van der Waals surface area contributed by atoms with E-state index in [0.717, 1.165) is 22.2 Å². The van der Waals surface area contributed by atoms with Crippen LogP contribution in [0.3, 0.4) is 0 Å². The number of pyridine rings is 1. The summed E-state index contributed by atoms with van der Waals surface area (Å²) in [5.41, 5.74) is 2.32. The number of ether oxygens (including phenoxy) is 1. The van der Waals surface area contributed by atoms with E-state index in [2.05, 4.69) is 15.2 Å². The highest BCUT2D eigenvalue weighted by Gasteiger charge is 2.17. The molecule has 134 valence electrons. The van der Waals surface area contributed by atoms with Gasteiger partial charge in [0.2, 0.25) is 0 Å². The van der Waals surface area contributed by atoms with E-state index in [-0.39, 0.29) is 11.9 Å². The van der Waals surface area contributed by atoms with Crippen molar-refractivity contribution in [3.05, 3.63) is 71.9 Å². The summed E-state index contributed by atoms with van der Waals surface area (Å²) in [7, 11) is 5.63. The molecule has 1 atom stereocenters. The van der Waals surface area contributed by atoms with Crippen molar-refractivity contribution in [3.8, 4) is 5.75 Å². The van der Waals surface area contributed by atoms with Gasteiger partial charge in [-0.25, -0.2) is 4.98 Å². The zero-order valence-electron chi connectivity index (χ0n) is 15.3. The number of para-hydroxylation sites is 1. The minimum atomic E-state index is -0.175. The van der Waals surface area contributed by atoms with Crippen LogP contribution >= 0.6 is 0 Å². The molecule has 0 radical (unpaired) electrons. The van der Waals surface area contributed by atoms with Crippen LogP contribution in [0, 0.1) is 0 Å². The summed E-state index contributed by atoms with van der Waals surface area (Å²) in [5.74, 6) is 0.627. The fourth-order valence-electron chi connectivity index (χ4n) is 2.92. The first kappa shape index (κ1) is 17.9. The lowest BCUT2D eigenvalue weighted by Crippen LogP contribution is -2.34. The van der Waals surface area contributed by atoms with Crippen molar-refractivity contribution in [2.24, 2.45) is 0 Å². The maximum absolute atomic E-state index is 12.6. The third-order valence-electron chi connectivity index (χ3n) is 4.39. The summed E-state index contributed by atoms with van der Waals surface area (Å²) in [6.07, 6.45) is 0. The van der Waals surface area contributed by atoms with E-state index in [0.29, 0.717) is 12.2 Å². The molecule has 0 aliphatic rings. The second-order valence-electron chi connectivity index (χ2n) is 6.36. The first-order valence-corrected chi connectivity index (χ1v) is 8.53. The van der Waals surface area contributed by atoms with E-state index >= 15 is 0 Å². The molecule has 1 amide bonds. The topological polar surface area (TPSA) is 54.5 Å². The molecule has 1 aromatic heterocycles. The largest absolute Gasteiger partial charge is 0.497 e. The molecule has 1 N–H and O–H groups in total. The Hall–Kier alpha value is -2.92. The van der Waals surface area contributed by atoms with Gasteiger partial charge in [-0.2, -0.15) is 0 Å². The molecule has 0 bridgehead atoms. The minimum Gasteiger partial charge on any atom is -0.497 e. The first-order valence-electron chi connectivity index (χ1n) is 8.53. The molecule has 3 aromatic rings. The number of rotatable bonds is 6. The number of carbonyl (C=O) groups is 1. The fourth-order valence-corrected chi connectivity index (χ4v) is 2.92. The van der Waals surface area contributed by atoms with E-state index in [1.807, 2.05) is 68.7 Å². The monoisotopic (exact) mass is 349 g/mol. The molecule has 5 heteroatoms. The maximum Gasteiger partial charge on any atom is 0.269 e. The number of nitrogens with zero attached hydrogens (tertiary/aromatic N) is 2. The molecule has 0 saturated carbocycles. The fraction of sp³-hybridized carbons (Fsp3) is 0.238. The van der Waals surface area contributed by atoms with Crippen molar-refractivity contribution in [3.63, 3.8) is 0 Å². The highest BCUT2D eigenvalue weighted by Crippen LogP contribution is 2.22. The summed E-state index contributed by atoms with van der Waals surface area (Å²) >= 11 is 0. The quantitative estimate of drug-likeness (QED) is 0.742. The highest BCUT2D eigenvalue weighted by atomic mass is 16.5. The Labute approximate surface area is 153 Å². The number of fused-ring (bicyclic) bond motifs is 1. The van der Waals surface area contributed by atoms with Gasteiger partial charge in [-0.1, -0.05) is 36.4 Å². The molecule has 0 aliphatic carbocycles. The Bertz CT molecular complexity index is 908. The number of nitrogens with one attached hydrogen (secondary N) is 1. The van der Waals surface area contributed by atoms with E-state index < -0.39 is 0 Å². The van der Waals surface area contributed by atoms with Crippen LogP contribution in [0.5, 0.6) is 5.75 Å². The Morgan fingerprint density at radius 1 is 1.12 bits per heavy atom. The SMILES string of the molecule is COc1cccc(C(CNC(=O)c2ccc3ccccc3n2)N(C)C)c1. The molecule has 0 fully saturated rings. The van der Waals surface area contributed by atoms with Gasteiger partial charge in [0.25, 0.3) is 5.91 Å². The number of carbonyl (C=O) groups excluding carboxylic acids is 1. The second-order valence-corrected chi connectivity index (χ2v) is 6.36. The van der Waals surface area contributed by atoms with Crippen LogP contribution in [0.25, 0.3) is 10.9 Å². The van der Waals surface area contributed by atoms with Crippen LogP contribution in [0.1, 0.15) is 22.1 Å². The van der Waals surface area contributed by atoms with Crippen molar-refractivity contribution in [1.29, 1.82) is 0 Å². The third kappa shape index (κ3) is 4.00. The number of likely N-dealkylation sites (N-methyl/N-ethyl adjacent to an activating group) is 1. The number of methoxy groups -OCH3 is 1. The normalized spacial score (nSPS) is 12.2. The molecule has 0 aliphatic heterocycles. The van der Waals surface area contributed by atoms with E-state index in [4.69, 9.17) is 4.74 Å². The van der Waals surface area contributed by atoms with Crippen LogP contribution in [0.15, 0.2) is 60.7 Å². The van der Waals surface area contributed by atoms with Gasteiger partial charge in [0.1, 0.15) is 11.4 Å². The lowest BCUT2D eigenvalue weighted by molar-refractivity contribution is 0.0937. The number of aromatic nitrogens is 1. The lowest BCUT2D eigenvalue weighted by Gasteiger charge is -2.25. The smallest absolute Gasteiger partial charge is 0.269 e. The molecular weight excluding hydrogens is 326 g/mol. The Morgan fingerprint density at radius 2 is 1.92 bits per heavy atom. The van der Waals surface area contributed by atoms with Crippen molar-refractivity contribution in [2.75, 3.05) is 27.7 Å². The summed E-state index contributed by atoms with van der Waals surface area (Å²) in [6, 6.07) is 19.4. The average molecular weight is 349 g/mol. The van der Waals surface area contributed by atoms with Gasteiger partial charge >= 0.3 is 0 Å². The zero-order chi connectivity index (χ0) is 18.5. The minimum absolute atomic E-state index is 0.0366. The predicted molar refractivity (Wildman–Crippen MR) is 103 cm³/mol. The second kappa shape index (κ2) is 7.97.